The highest BCUT2D eigenvalue weighted by Gasteiger charge is 2.30. The maximum Gasteiger partial charge on any atom is 0.416 e. The zero-order valence-electron chi connectivity index (χ0n) is 22.1. The number of halogens is 3. The molecule has 0 aliphatic heterocycles. The van der Waals surface area contributed by atoms with Gasteiger partial charge in [-0.3, -0.25) is 9.59 Å². The summed E-state index contributed by atoms with van der Waals surface area (Å²) in [7, 11) is 0. The molecule has 0 aromatic heterocycles. The normalized spacial score (nSPS) is 11.9. The van der Waals surface area contributed by atoms with E-state index in [2.05, 4.69) is 5.32 Å². The van der Waals surface area contributed by atoms with Gasteiger partial charge in [-0.2, -0.15) is 13.2 Å². The lowest BCUT2D eigenvalue weighted by Crippen LogP contribution is -2.46. The molecular formula is C32H29F3N2O4. The SMILES string of the molecule is NC(=O)[C@H](Cc1ccc(OCc2ccccc2)c(OCc2ccccc2)c1)NC(=O)Cc1cccc(C(F)(F)F)c1. The monoisotopic (exact) mass is 562 g/mol. The first-order chi connectivity index (χ1) is 19.7. The van der Waals surface area contributed by atoms with Gasteiger partial charge in [0.15, 0.2) is 11.5 Å². The smallest absolute Gasteiger partial charge is 0.416 e. The molecule has 0 aliphatic carbocycles. The van der Waals surface area contributed by atoms with E-state index in [0.29, 0.717) is 23.7 Å². The highest BCUT2D eigenvalue weighted by molar-refractivity contribution is 5.87. The van der Waals surface area contributed by atoms with Crippen molar-refractivity contribution in [3.8, 4) is 11.5 Å². The molecule has 2 amide bonds. The van der Waals surface area contributed by atoms with E-state index >= 15 is 0 Å². The summed E-state index contributed by atoms with van der Waals surface area (Å²) < 4.78 is 51.2. The first-order valence-corrected chi connectivity index (χ1v) is 12.9. The molecule has 0 bridgehead atoms. The molecule has 9 heteroatoms. The lowest BCUT2D eigenvalue weighted by atomic mass is 10.0. The van der Waals surface area contributed by atoms with E-state index in [1.54, 1.807) is 18.2 Å². The van der Waals surface area contributed by atoms with Gasteiger partial charge in [-0.25, -0.2) is 0 Å². The van der Waals surface area contributed by atoms with Crippen molar-refractivity contribution in [1.29, 1.82) is 0 Å². The molecule has 0 heterocycles. The number of rotatable bonds is 12. The molecule has 0 unspecified atom stereocenters. The molecule has 0 aliphatic rings. The summed E-state index contributed by atoms with van der Waals surface area (Å²) in [6, 6.07) is 27.8. The van der Waals surface area contributed by atoms with Crippen LogP contribution < -0.4 is 20.5 Å². The van der Waals surface area contributed by atoms with E-state index < -0.39 is 29.6 Å². The Kier molecular flexibility index (Phi) is 9.63. The minimum atomic E-state index is -4.53. The van der Waals surface area contributed by atoms with Gasteiger partial charge in [0.25, 0.3) is 0 Å². The van der Waals surface area contributed by atoms with Crippen LogP contribution >= 0.6 is 0 Å². The van der Waals surface area contributed by atoms with Crippen molar-refractivity contribution in [2.24, 2.45) is 5.73 Å². The van der Waals surface area contributed by atoms with Crippen LogP contribution in [-0.2, 0) is 41.8 Å². The number of nitrogens with two attached hydrogens (primary N) is 1. The third-order valence-corrected chi connectivity index (χ3v) is 6.22. The van der Waals surface area contributed by atoms with Gasteiger partial charge in [-0.15, -0.1) is 0 Å². The molecule has 3 N–H and O–H groups in total. The Morgan fingerprint density at radius 2 is 1.29 bits per heavy atom. The Morgan fingerprint density at radius 3 is 1.88 bits per heavy atom. The van der Waals surface area contributed by atoms with Gasteiger partial charge >= 0.3 is 6.18 Å². The Balaban J connectivity index is 1.47. The number of hydrogen-bond donors (Lipinski definition) is 2. The first-order valence-electron chi connectivity index (χ1n) is 12.9. The van der Waals surface area contributed by atoms with Crippen LogP contribution in [0.4, 0.5) is 13.2 Å². The highest BCUT2D eigenvalue weighted by Crippen LogP contribution is 2.31. The fourth-order valence-electron chi connectivity index (χ4n) is 4.13. The van der Waals surface area contributed by atoms with E-state index in [-0.39, 0.29) is 25.0 Å². The van der Waals surface area contributed by atoms with Crippen LogP contribution in [0.1, 0.15) is 27.8 Å². The fourth-order valence-corrected chi connectivity index (χ4v) is 4.13. The van der Waals surface area contributed by atoms with Crippen LogP contribution in [0.2, 0.25) is 0 Å². The van der Waals surface area contributed by atoms with Crippen molar-refractivity contribution in [3.05, 3.63) is 131 Å². The molecule has 41 heavy (non-hydrogen) atoms. The predicted molar refractivity (Wildman–Crippen MR) is 148 cm³/mol. The first kappa shape index (κ1) is 29.2. The van der Waals surface area contributed by atoms with Crippen molar-refractivity contribution in [1.82, 2.24) is 5.32 Å². The summed E-state index contributed by atoms with van der Waals surface area (Å²) in [5, 5.41) is 2.54. The average molecular weight is 563 g/mol. The second-order valence-corrected chi connectivity index (χ2v) is 9.43. The molecule has 0 fully saturated rings. The van der Waals surface area contributed by atoms with Gasteiger partial charge < -0.3 is 20.5 Å². The topological polar surface area (TPSA) is 90.7 Å². The largest absolute Gasteiger partial charge is 0.485 e. The number of carbonyl (C=O) groups is 2. The minimum absolute atomic E-state index is 0.0460. The van der Waals surface area contributed by atoms with Crippen molar-refractivity contribution < 1.29 is 32.2 Å². The number of ether oxygens (including phenoxy) is 2. The highest BCUT2D eigenvalue weighted by atomic mass is 19.4. The van der Waals surface area contributed by atoms with Crippen LogP contribution in [0.25, 0.3) is 0 Å². The number of nitrogens with one attached hydrogen (secondary N) is 1. The standard InChI is InChI=1S/C32H29F3N2O4/c33-32(34,35)26-13-7-12-24(16-26)19-30(38)37-27(31(36)39)17-25-14-15-28(40-20-22-8-3-1-4-9-22)29(18-25)41-21-23-10-5-2-6-11-23/h1-16,18,27H,17,19-21H2,(H2,36,39)(H,37,38)/t27-/m0/s1. The molecule has 212 valence electrons. The predicted octanol–water partition coefficient (Wildman–Crippen LogP) is 5.62. The van der Waals surface area contributed by atoms with E-state index in [4.69, 9.17) is 15.2 Å². The van der Waals surface area contributed by atoms with Crippen LogP contribution in [-0.4, -0.2) is 17.9 Å². The maximum atomic E-state index is 13.0. The van der Waals surface area contributed by atoms with E-state index in [1.807, 2.05) is 60.7 Å². The van der Waals surface area contributed by atoms with Gasteiger partial charge in [0.1, 0.15) is 19.3 Å². The number of alkyl halides is 3. The Bertz CT molecular complexity index is 1460. The summed E-state index contributed by atoms with van der Waals surface area (Å²) in [6.07, 6.45) is -4.82. The van der Waals surface area contributed by atoms with E-state index in [1.165, 1.54) is 12.1 Å². The van der Waals surface area contributed by atoms with Gasteiger partial charge in [0, 0.05) is 6.42 Å². The van der Waals surface area contributed by atoms with Crippen LogP contribution in [0.3, 0.4) is 0 Å². The maximum absolute atomic E-state index is 13.0. The number of hydrogen-bond acceptors (Lipinski definition) is 4. The van der Waals surface area contributed by atoms with Crippen LogP contribution in [0.15, 0.2) is 103 Å². The molecular weight excluding hydrogens is 533 g/mol. The number of amides is 2. The average Bonchev–Trinajstić information content (AvgIpc) is 2.96. The molecule has 0 saturated heterocycles. The Morgan fingerprint density at radius 1 is 0.707 bits per heavy atom. The number of benzene rings is 4. The third-order valence-electron chi connectivity index (χ3n) is 6.22. The molecule has 4 rings (SSSR count). The van der Waals surface area contributed by atoms with E-state index in [9.17, 15) is 22.8 Å². The second-order valence-electron chi connectivity index (χ2n) is 9.43. The molecule has 0 spiro atoms. The summed E-state index contributed by atoms with van der Waals surface area (Å²) in [6.45, 7) is 0.594. The molecule has 1 atom stereocenters. The van der Waals surface area contributed by atoms with E-state index in [0.717, 1.165) is 23.3 Å². The summed E-state index contributed by atoms with van der Waals surface area (Å²) >= 11 is 0. The molecule has 4 aromatic carbocycles. The van der Waals surface area contributed by atoms with Gasteiger partial charge in [0.2, 0.25) is 11.8 Å². The zero-order chi connectivity index (χ0) is 29.2. The van der Waals surface area contributed by atoms with Crippen LogP contribution in [0, 0.1) is 0 Å². The Labute approximate surface area is 235 Å². The van der Waals surface area contributed by atoms with Gasteiger partial charge in [-0.05, 0) is 40.5 Å². The molecule has 0 radical (unpaired) electrons. The number of carbonyl (C=O) groups excluding carboxylic acids is 2. The molecule has 4 aromatic rings. The van der Waals surface area contributed by atoms with Gasteiger partial charge in [0.05, 0.1) is 12.0 Å². The lowest BCUT2D eigenvalue weighted by molar-refractivity contribution is -0.137. The number of primary amides is 1. The minimum Gasteiger partial charge on any atom is -0.485 e. The molecule has 0 saturated carbocycles. The summed E-state index contributed by atoms with van der Waals surface area (Å²) in [5.41, 5.74) is 7.44. The Hall–Kier alpha value is -4.79. The van der Waals surface area contributed by atoms with Crippen molar-refractivity contribution >= 4 is 11.8 Å². The fraction of sp³-hybridized carbons (Fsp3) is 0.188. The van der Waals surface area contributed by atoms with Crippen molar-refractivity contribution in [3.63, 3.8) is 0 Å². The quantitative estimate of drug-likeness (QED) is 0.235. The van der Waals surface area contributed by atoms with Crippen molar-refractivity contribution in [2.75, 3.05) is 0 Å². The zero-order valence-corrected chi connectivity index (χ0v) is 22.1. The summed E-state index contributed by atoms with van der Waals surface area (Å²) in [4.78, 5) is 24.8. The van der Waals surface area contributed by atoms with Gasteiger partial charge in [-0.1, -0.05) is 84.9 Å². The van der Waals surface area contributed by atoms with Crippen molar-refractivity contribution in [2.45, 2.75) is 38.3 Å². The molecule has 6 nitrogen and oxygen atoms in total. The second kappa shape index (κ2) is 13.5. The lowest BCUT2D eigenvalue weighted by Gasteiger charge is -2.18. The summed E-state index contributed by atoms with van der Waals surface area (Å²) in [5.74, 6) is -0.464. The third kappa shape index (κ3) is 8.86. The van der Waals surface area contributed by atoms with Crippen LogP contribution in [0.5, 0.6) is 11.5 Å².